The van der Waals surface area contributed by atoms with E-state index in [0.717, 1.165) is 16.7 Å². The van der Waals surface area contributed by atoms with Crippen molar-refractivity contribution in [1.29, 1.82) is 0 Å². The molecule has 1 fully saturated rings. The third kappa shape index (κ3) is 6.55. The van der Waals surface area contributed by atoms with Crippen molar-refractivity contribution in [2.45, 2.75) is 31.4 Å². The van der Waals surface area contributed by atoms with Gasteiger partial charge in [0.15, 0.2) is 6.10 Å². The molecule has 0 aliphatic carbocycles. The van der Waals surface area contributed by atoms with Crippen molar-refractivity contribution in [2.24, 2.45) is 11.7 Å². The molecule has 34 heavy (non-hydrogen) atoms. The summed E-state index contributed by atoms with van der Waals surface area (Å²) in [5, 5.41) is 22.1. The average Bonchev–Trinajstić information content (AvgIpc) is 3.29. The van der Waals surface area contributed by atoms with Crippen LogP contribution in [0.4, 0.5) is 0 Å². The quantitative estimate of drug-likeness (QED) is 0.411. The summed E-state index contributed by atoms with van der Waals surface area (Å²) in [6.07, 6.45) is -1.41. The number of halogens is 1. The summed E-state index contributed by atoms with van der Waals surface area (Å²) in [5.74, 6) is -4.21. The number of carboxylic acid groups (broad SMARTS) is 1. The molecule has 0 bridgehead atoms. The second kappa shape index (κ2) is 11.1. The van der Waals surface area contributed by atoms with Gasteiger partial charge in [-0.15, -0.1) is 0 Å². The minimum absolute atomic E-state index is 0.0645. The molecule has 10 heteroatoms. The SMILES string of the molecule is NC(=O)C1CCN(C(=O)C(=O)N[C@H](Cc2ccc(-c3cccc(Cl)c3)cc2)C[C@@H](O)C(=O)O)C1. The van der Waals surface area contributed by atoms with Crippen LogP contribution in [-0.2, 0) is 25.6 Å². The van der Waals surface area contributed by atoms with E-state index in [2.05, 4.69) is 5.32 Å². The predicted octanol–water partition coefficient (Wildman–Crippen LogP) is 1.20. The number of hydrogen-bond acceptors (Lipinski definition) is 5. The first-order valence-electron chi connectivity index (χ1n) is 10.8. The van der Waals surface area contributed by atoms with Crippen LogP contribution in [-0.4, -0.2) is 64.0 Å². The average molecular weight is 488 g/mol. The van der Waals surface area contributed by atoms with Gasteiger partial charge in [0.1, 0.15) is 0 Å². The molecule has 1 heterocycles. The Morgan fingerprint density at radius 1 is 1.12 bits per heavy atom. The summed E-state index contributed by atoms with van der Waals surface area (Å²) >= 11 is 6.05. The summed E-state index contributed by atoms with van der Waals surface area (Å²) in [6, 6.07) is 13.9. The van der Waals surface area contributed by atoms with E-state index in [9.17, 15) is 24.3 Å². The molecule has 0 spiro atoms. The molecule has 3 amide bonds. The van der Waals surface area contributed by atoms with Crippen molar-refractivity contribution in [3.8, 4) is 11.1 Å². The molecule has 2 aromatic rings. The smallest absolute Gasteiger partial charge is 0.332 e. The highest BCUT2D eigenvalue weighted by Crippen LogP contribution is 2.23. The highest BCUT2D eigenvalue weighted by Gasteiger charge is 2.33. The Morgan fingerprint density at radius 3 is 2.41 bits per heavy atom. The summed E-state index contributed by atoms with van der Waals surface area (Å²) < 4.78 is 0. The number of likely N-dealkylation sites (tertiary alicyclic amines) is 1. The zero-order chi connectivity index (χ0) is 24.8. The molecule has 3 atom stereocenters. The zero-order valence-corrected chi connectivity index (χ0v) is 19.1. The van der Waals surface area contributed by atoms with Crippen LogP contribution in [0.1, 0.15) is 18.4 Å². The van der Waals surface area contributed by atoms with E-state index >= 15 is 0 Å². The van der Waals surface area contributed by atoms with Crippen molar-refractivity contribution in [3.05, 3.63) is 59.1 Å². The molecule has 1 saturated heterocycles. The number of aliphatic hydroxyl groups is 1. The second-order valence-electron chi connectivity index (χ2n) is 8.31. The van der Waals surface area contributed by atoms with Gasteiger partial charge in [-0.3, -0.25) is 14.4 Å². The van der Waals surface area contributed by atoms with Crippen LogP contribution >= 0.6 is 11.6 Å². The topological polar surface area (TPSA) is 150 Å². The normalized spacial score (nSPS) is 17.1. The van der Waals surface area contributed by atoms with E-state index in [1.54, 1.807) is 6.07 Å². The van der Waals surface area contributed by atoms with Crippen molar-refractivity contribution in [3.63, 3.8) is 0 Å². The predicted molar refractivity (Wildman–Crippen MR) is 125 cm³/mol. The number of carbonyl (C=O) groups excluding carboxylic acids is 3. The van der Waals surface area contributed by atoms with Gasteiger partial charge in [0.05, 0.1) is 5.92 Å². The van der Waals surface area contributed by atoms with Gasteiger partial charge in [0, 0.05) is 30.6 Å². The summed E-state index contributed by atoms with van der Waals surface area (Å²) in [7, 11) is 0. The van der Waals surface area contributed by atoms with E-state index in [4.69, 9.17) is 22.4 Å². The van der Waals surface area contributed by atoms with Gasteiger partial charge in [-0.1, -0.05) is 48.0 Å². The molecule has 1 aliphatic heterocycles. The number of hydrogen-bond donors (Lipinski definition) is 4. The fraction of sp³-hybridized carbons (Fsp3) is 0.333. The third-order valence-electron chi connectivity index (χ3n) is 5.79. The molecule has 0 radical (unpaired) electrons. The zero-order valence-electron chi connectivity index (χ0n) is 18.3. The molecule has 180 valence electrons. The lowest BCUT2D eigenvalue weighted by atomic mass is 9.98. The van der Waals surface area contributed by atoms with Gasteiger partial charge in [0.2, 0.25) is 5.91 Å². The highest BCUT2D eigenvalue weighted by molar-refractivity contribution is 6.35. The van der Waals surface area contributed by atoms with Crippen LogP contribution in [0.3, 0.4) is 0 Å². The molecule has 1 aliphatic rings. The van der Waals surface area contributed by atoms with E-state index in [-0.39, 0.29) is 25.9 Å². The number of aliphatic hydroxyl groups excluding tert-OH is 1. The second-order valence-corrected chi connectivity index (χ2v) is 8.75. The Kier molecular flexibility index (Phi) is 8.25. The van der Waals surface area contributed by atoms with Crippen molar-refractivity contribution < 1.29 is 29.4 Å². The van der Waals surface area contributed by atoms with E-state index in [0.29, 0.717) is 11.4 Å². The maximum atomic E-state index is 12.6. The Hall–Kier alpha value is -3.43. The monoisotopic (exact) mass is 487 g/mol. The number of benzene rings is 2. The fourth-order valence-electron chi connectivity index (χ4n) is 3.92. The summed E-state index contributed by atoms with van der Waals surface area (Å²) in [6.45, 7) is 0.294. The standard InChI is InChI=1S/C24H26ClN3O6/c25-18-3-1-2-16(11-18)15-6-4-14(5-7-15)10-19(12-20(29)24(33)34)27-22(31)23(32)28-9-8-17(13-28)21(26)30/h1-7,11,17,19-20,29H,8-10,12-13H2,(H2,26,30)(H,27,31)(H,33,34)/t17?,19-,20-/m1/s1. The van der Waals surface area contributed by atoms with Crippen molar-refractivity contribution >= 4 is 35.3 Å². The maximum Gasteiger partial charge on any atom is 0.332 e. The van der Waals surface area contributed by atoms with Crippen LogP contribution in [0.15, 0.2) is 48.5 Å². The van der Waals surface area contributed by atoms with Crippen LogP contribution in [0.5, 0.6) is 0 Å². The molecular formula is C24H26ClN3O6. The van der Waals surface area contributed by atoms with Gasteiger partial charge in [0.25, 0.3) is 0 Å². The number of nitrogens with zero attached hydrogens (tertiary/aromatic N) is 1. The van der Waals surface area contributed by atoms with E-state index in [1.165, 1.54) is 4.90 Å². The number of carboxylic acids is 1. The lowest BCUT2D eigenvalue weighted by Crippen LogP contribution is -2.48. The molecule has 9 nitrogen and oxygen atoms in total. The van der Waals surface area contributed by atoms with Gasteiger partial charge in [-0.25, -0.2) is 4.79 Å². The Labute approximate surface area is 201 Å². The number of rotatable bonds is 8. The maximum absolute atomic E-state index is 12.6. The largest absolute Gasteiger partial charge is 0.479 e. The van der Waals surface area contributed by atoms with Crippen molar-refractivity contribution in [2.75, 3.05) is 13.1 Å². The summed E-state index contributed by atoms with van der Waals surface area (Å²) in [5.41, 5.74) is 7.90. The molecule has 0 aromatic heterocycles. The number of aliphatic carboxylic acids is 1. The van der Waals surface area contributed by atoms with Crippen LogP contribution in [0.25, 0.3) is 11.1 Å². The fourth-order valence-corrected chi connectivity index (χ4v) is 4.11. The highest BCUT2D eigenvalue weighted by atomic mass is 35.5. The van der Waals surface area contributed by atoms with Gasteiger partial charge in [-0.05, 0) is 41.7 Å². The first-order chi connectivity index (χ1) is 16.1. The minimum atomic E-state index is -1.71. The van der Waals surface area contributed by atoms with Crippen LogP contribution < -0.4 is 11.1 Å². The minimum Gasteiger partial charge on any atom is -0.479 e. The van der Waals surface area contributed by atoms with Gasteiger partial charge in [-0.2, -0.15) is 0 Å². The molecule has 0 saturated carbocycles. The third-order valence-corrected chi connectivity index (χ3v) is 6.03. The van der Waals surface area contributed by atoms with Gasteiger partial charge >= 0.3 is 17.8 Å². The number of nitrogens with two attached hydrogens (primary N) is 1. The first-order valence-corrected chi connectivity index (χ1v) is 11.2. The Balaban J connectivity index is 1.69. The number of nitrogens with one attached hydrogen (secondary N) is 1. The van der Waals surface area contributed by atoms with E-state index in [1.807, 2.05) is 42.5 Å². The molecule has 5 N–H and O–H groups in total. The number of primary amides is 1. The summed E-state index contributed by atoms with van der Waals surface area (Å²) in [4.78, 5) is 48.8. The molecule has 2 aromatic carbocycles. The molecule has 1 unspecified atom stereocenters. The Bertz CT molecular complexity index is 1070. The number of amides is 3. The number of carbonyl (C=O) groups is 4. The lowest BCUT2D eigenvalue weighted by Gasteiger charge is -2.22. The Morgan fingerprint density at radius 2 is 1.82 bits per heavy atom. The van der Waals surface area contributed by atoms with Crippen LogP contribution in [0.2, 0.25) is 5.02 Å². The molecular weight excluding hydrogens is 462 g/mol. The van der Waals surface area contributed by atoms with E-state index < -0.39 is 41.8 Å². The van der Waals surface area contributed by atoms with Crippen molar-refractivity contribution in [1.82, 2.24) is 10.2 Å². The first kappa shape index (κ1) is 25.2. The lowest BCUT2D eigenvalue weighted by molar-refractivity contribution is -0.148. The van der Waals surface area contributed by atoms with Gasteiger partial charge < -0.3 is 26.2 Å². The van der Waals surface area contributed by atoms with Crippen LogP contribution in [0, 0.1) is 5.92 Å². The molecule has 3 rings (SSSR count).